The maximum Gasteiger partial charge on any atom is 0.269 e. The lowest BCUT2D eigenvalue weighted by atomic mass is 10.1. The summed E-state index contributed by atoms with van der Waals surface area (Å²) in [5.74, 6) is -0.224. The molecule has 98 valence electrons. The third-order valence-electron chi connectivity index (χ3n) is 2.72. The molecule has 1 aromatic carbocycles. The summed E-state index contributed by atoms with van der Waals surface area (Å²) < 4.78 is 5.05. The van der Waals surface area contributed by atoms with Crippen LogP contribution in [0, 0.1) is 0 Å². The summed E-state index contributed by atoms with van der Waals surface area (Å²) in [4.78, 5) is 25.1. The van der Waals surface area contributed by atoms with E-state index >= 15 is 0 Å². The van der Waals surface area contributed by atoms with E-state index in [1.165, 1.54) is 11.0 Å². The number of hydrogen-bond acceptors (Lipinski definition) is 4. The fourth-order valence-electron chi connectivity index (χ4n) is 1.75. The monoisotopic (exact) mass is 276 g/mol. The number of nitrogens with zero attached hydrogens (tertiary/aromatic N) is 1. The molecule has 2 amide bonds. The van der Waals surface area contributed by atoms with Crippen molar-refractivity contribution in [1.82, 2.24) is 5.32 Å². The van der Waals surface area contributed by atoms with E-state index in [1.807, 2.05) is 0 Å². The van der Waals surface area contributed by atoms with E-state index in [2.05, 4.69) is 5.32 Å². The van der Waals surface area contributed by atoms with Crippen LogP contribution in [-0.2, 0) is 9.59 Å². The van der Waals surface area contributed by atoms with Gasteiger partial charge in [-0.15, -0.1) is 0 Å². The zero-order valence-electron chi connectivity index (χ0n) is 10.5. The van der Waals surface area contributed by atoms with Crippen molar-refractivity contribution in [2.75, 3.05) is 12.0 Å². The third-order valence-corrected chi connectivity index (χ3v) is 3.01. The van der Waals surface area contributed by atoms with Gasteiger partial charge in [0.15, 0.2) is 5.11 Å². The Balaban J connectivity index is 2.39. The molecule has 0 unspecified atom stereocenters. The lowest BCUT2D eigenvalue weighted by molar-refractivity contribution is -0.122. The van der Waals surface area contributed by atoms with Crippen molar-refractivity contribution >= 4 is 34.8 Å². The van der Waals surface area contributed by atoms with Gasteiger partial charge >= 0.3 is 0 Å². The van der Waals surface area contributed by atoms with Gasteiger partial charge < -0.3 is 4.74 Å². The minimum atomic E-state index is -0.470. The lowest BCUT2D eigenvalue weighted by Gasteiger charge is -2.28. The summed E-state index contributed by atoms with van der Waals surface area (Å²) in [7, 11) is 1.56. The molecule has 6 heteroatoms. The summed E-state index contributed by atoms with van der Waals surface area (Å²) in [6, 6.07) is 6.84. The Labute approximate surface area is 115 Å². The highest BCUT2D eigenvalue weighted by Gasteiger charge is 2.33. The number of nitrogens with one attached hydrogen (secondary N) is 1. The highest BCUT2D eigenvalue weighted by molar-refractivity contribution is 7.80. The third kappa shape index (κ3) is 2.34. The minimum Gasteiger partial charge on any atom is -0.497 e. The molecule has 1 heterocycles. The predicted octanol–water partition coefficient (Wildman–Crippen LogP) is 1.39. The standard InChI is InChI=1S/C13H12N2O3S/c1-3-10-11(16)14-13(19)15(12(10)17)8-4-6-9(18-2)7-5-8/h3-7H,1-2H3,(H,14,16,19)/b10-3-. The Hall–Kier alpha value is -2.21. The van der Waals surface area contributed by atoms with Gasteiger partial charge in [-0.2, -0.15) is 0 Å². The van der Waals surface area contributed by atoms with Gasteiger partial charge in [-0.25, -0.2) is 0 Å². The molecule has 19 heavy (non-hydrogen) atoms. The van der Waals surface area contributed by atoms with Crippen LogP contribution in [0.3, 0.4) is 0 Å². The summed E-state index contributed by atoms with van der Waals surface area (Å²) >= 11 is 5.04. The number of benzene rings is 1. The number of carbonyl (C=O) groups is 2. The highest BCUT2D eigenvalue weighted by Crippen LogP contribution is 2.23. The van der Waals surface area contributed by atoms with E-state index in [1.54, 1.807) is 38.3 Å². The molecule has 0 spiro atoms. The number of ether oxygens (including phenoxy) is 1. The summed E-state index contributed by atoms with van der Waals surface area (Å²) in [5, 5.41) is 2.56. The molecule has 0 radical (unpaired) electrons. The molecule has 1 saturated heterocycles. The molecule has 1 fully saturated rings. The topological polar surface area (TPSA) is 58.6 Å². The maximum absolute atomic E-state index is 12.2. The van der Waals surface area contributed by atoms with Gasteiger partial charge in [0.25, 0.3) is 11.8 Å². The first-order valence-corrected chi connectivity index (χ1v) is 5.99. The van der Waals surface area contributed by atoms with Crippen molar-refractivity contribution in [1.29, 1.82) is 0 Å². The molecule has 1 aliphatic rings. The lowest BCUT2D eigenvalue weighted by Crippen LogP contribution is -2.54. The van der Waals surface area contributed by atoms with Crippen LogP contribution in [0.2, 0.25) is 0 Å². The average Bonchev–Trinajstić information content (AvgIpc) is 2.39. The van der Waals surface area contributed by atoms with Crippen LogP contribution in [0.25, 0.3) is 0 Å². The first-order chi connectivity index (χ1) is 9.08. The molecule has 0 bridgehead atoms. The number of methoxy groups -OCH3 is 1. The van der Waals surface area contributed by atoms with Crippen molar-refractivity contribution in [2.24, 2.45) is 0 Å². The molecule has 0 aromatic heterocycles. The number of rotatable bonds is 2. The Morgan fingerprint density at radius 3 is 2.42 bits per heavy atom. The van der Waals surface area contributed by atoms with Crippen molar-refractivity contribution in [3.63, 3.8) is 0 Å². The van der Waals surface area contributed by atoms with Crippen molar-refractivity contribution in [3.05, 3.63) is 35.9 Å². The Morgan fingerprint density at radius 2 is 1.89 bits per heavy atom. The summed E-state index contributed by atoms with van der Waals surface area (Å²) in [5.41, 5.74) is 0.652. The Kier molecular flexibility index (Phi) is 3.62. The fraction of sp³-hybridized carbons (Fsp3) is 0.154. The number of amides is 2. The van der Waals surface area contributed by atoms with Crippen molar-refractivity contribution in [2.45, 2.75) is 6.92 Å². The van der Waals surface area contributed by atoms with Crippen molar-refractivity contribution in [3.8, 4) is 5.75 Å². The molecule has 1 N–H and O–H groups in total. The first kappa shape index (κ1) is 13.2. The van der Waals surface area contributed by atoms with Crippen LogP contribution < -0.4 is 15.0 Å². The second-order valence-electron chi connectivity index (χ2n) is 3.80. The van der Waals surface area contributed by atoms with Gasteiger partial charge in [-0.05, 0) is 43.4 Å². The van der Waals surface area contributed by atoms with Gasteiger partial charge in [0.05, 0.1) is 12.8 Å². The van der Waals surface area contributed by atoms with Crippen LogP contribution in [0.4, 0.5) is 5.69 Å². The normalized spacial score (nSPS) is 17.7. The minimum absolute atomic E-state index is 0.0735. The number of thiocarbonyl (C=S) groups is 1. The van der Waals surface area contributed by atoms with Crippen LogP contribution in [0.15, 0.2) is 35.9 Å². The fourth-order valence-corrected chi connectivity index (χ4v) is 2.03. The smallest absolute Gasteiger partial charge is 0.269 e. The number of anilines is 1. The molecule has 0 atom stereocenters. The van der Waals surface area contributed by atoms with E-state index < -0.39 is 11.8 Å². The van der Waals surface area contributed by atoms with E-state index in [0.29, 0.717) is 11.4 Å². The van der Waals surface area contributed by atoms with Crippen LogP contribution in [0.5, 0.6) is 5.75 Å². The van der Waals surface area contributed by atoms with Gasteiger partial charge in [0.2, 0.25) is 0 Å². The van der Waals surface area contributed by atoms with Gasteiger partial charge in [0.1, 0.15) is 11.3 Å². The average molecular weight is 276 g/mol. The van der Waals surface area contributed by atoms with Crippen LogP contribution in [0.1, 0.15) is 6.92 Å². The van der Waals surface area contributed by atoms with E-state index in [0.717, 1.165) is 0 Å². The molecule has 0 aliphatic carbocycles. The molecule has 5 nitrogen and oxygen atoms in total. The van der Waals surface area contributed by atoms with E-state index in [4.69, 9.17) is 17.0 Å². The van der Waals surface area contributed by atoms with E-state index in [-0.39, 0.29) is 10.7 Å². The summed E-state index contributed by atoms with van der Waals surface area (Å²) in [6.07, 6.45) is 1.47. The Bertz CT molecular complexity index is 578. The number of hydrogen-bond donors (Lipinski definition) is 1. The number of allylic oxidation sites excluding steroid dienone is 1. The molecular weight excluding hydrogens is 264 g/mol. The van der Waals surface area contributed by atoms with Gasteiger partial charge in [-0.3, -0.25) is 19.8 Å². The predicted molar refractivity (Wildman–Crippen MR) is 75.0 cm³/mol. The zero-order valence-corrected chi connectivity index (χ0v) is 11.3. The largest absolute Gasteiger partial charge is 0.497 e. The molecular formula is C13H12N2O3S. The SMILES string of the molecule is C/C=C1/C(=O)NC(=S)N(c2ccc(OC)cc2)C1=O. The molecule has 1 aliphatic heterocycles. The van der Waals surface area contributed by atoms with Gasteiger partial charge in [-0.1, -0.05) is 6.08 Å². The van der Waals surface area contributed by atoms with Crippen LogP contribution >= 0.6 is 12.2 Å². The Morgan fingerprint density at radius 1 is 1.26 bits per heavy atom. The molecule has 2 rings (SSSR count). The quantitative estimate of drug-likeness (QED) is 0.504. The number of carbonyl (C=O) groups excluding carboxylic acids is 2. The highest BCUT2D eigenvalue weighted by atomic mass is 32.1. The van der Waals surface area contributed by atoms with E-state index in [9.17, 15) is 9.59 Å². The maximum atomic E-state index is 12.2. The summed E-state index contributed by atoms with van der Waals surface area (Å²) in [6.45, 7) is 1.63. The van der Waals surface area contributed by atoms with Crippen molar-refractivity contribution < 1.29 is 14.3 Å². The second-order valence-corrected chi connectivity index (χ2v) is 4.19. The molecule has 0 saturated carbocycles. The second kappa shape index (κ2) is 5.19. The molecule has 1 aromatic rings. The first-order valence-electron chi connectivity index (χ1n) is 5.58. The van der Waals surface area contributed by atoms with Gasteiger partial charge in [0, 0.05) is 0 Å². The zero-order chi connectivity index (χ0) is 14.0. The van der Waals surface area contributed by atoms with Crippen LogP contribution in [-0.4, -0.2) is 24.0 Å².